The topological polar surface area (TPSA) is 49.8 Å². The first-order valence-electron chi connectivity index (χ1n) is 7.13. The van der Waals surface area contributed by atoms with E-state index in [2.05, 4.69) is 18.7 Å². The van der Waals surface area contributed by atoms with Crippen molar-refractivity contribution in [1.29, 1.82) is 0 Å². The fraction of sp³-hybridized carbons (Fsp3) is 0.929. The lowest BCUT2D eigenvalue weighted by molar-refractivity contribution is -0.143. The molecule has 2 fully saturated rings. The van der Waals surface area contributed by atoms with Crippen LogP contribution in [0, 0.1) is 11.8 Å². The van der Waals surface area contributed by atoms with Crippen LogP contribution in [0.1, 0.15) is 39.5 Å². The van der Waals surface area contributed by atoms with Gasteiger partial charge in [0.25, 0.3) is 0 Å². The molecule has 1 aliphatic heterocycles. The van der Waals surface area contributed by atoms with E-state index in [0.29, 0.717) is 12.6 Å². The first-order valence-corrected chi connectivity index (χ1v) is 7.13. The maximum atomic E-state index is 10.8. The lowest BCUT2D eigenvalue weighted by atomic mass is 9.79. The average molecular weight is 255 g/mol. The summed E-state index contributed by atoms with van der Waals surface area (Å²) < 4.78 is 5.54. The number of morpholine rings is 1. The van der Waals surface area contributed by atoms with E-state index in [1.807, 2.05) is 0 Å². The molecule has 4 nitrogen and oxygen atoms in total. The molecule has 104 valence electrons. The standard InChI is InChI=1S/C14H25NO3/c1-10-3-4-13(11(2)7-10)15-5-6-18-12(9-15)8-14(16)17/h10-13H,3-9H2,1-2H3,(H,16,17). The minimum Gasteiger partial charge on any atom is -0.481 e. The summed E-state index contributed by atoms with van der Waals surface area (Å²) in [5, 5.41) is 8.85. The van der Waals surface area contributed by atoms with E-state index in [-0.39, 0.29) is 12.5 Å². The second-order valence-corrected chi connectivity index (χ2v) is 6.05. The largest absolute Gasteiger partial charge is 0.481 e. The zero-order valence-corrected chi connectivity index (χ0v) is 11.5. The lowest BCUT2D eigenvalue weighted by Gasteiger charge is -2.44. The molecule has 2 rings (SSSR count). The van der Waals surface area contributed by atoms with Crippen LogP contribution in [0.2, 0.25) is 0 Å². The normalized spacial score (nSPS) is 38.6. The number of carbonyl (C=O) groups is 1. The predicted molar refractivity (Wildman–Crippen MR) is 69.5 cm³/mol. The summed E-state index contributed by atoms with van der Waals surface area (Å²) >= 11 is 0. The third kappa shape index (κ3) is 3.45. The molecule has 4 unspecified atom stereocenters. The average Bonchev–Trinajstić information content (AvgIpc) is 2.28. The molecule has 0 aromatic rings. The Morgan fingerprint density at radius 3 is 2.83 bits per heavy atom. The Hall–Kier alpha value is -0.610. The predicted octanol–water partition coefficient (Wildman–Crippen LogP) is 1.99. The van der Waals surface area contributed by atoms with Crippen LogP contribution in [0.25, 0.3) is 0 Å². The van der Waals surface area contributed by atoms with Crippen molar-refractivity contribution in [2.24, 2.45) is 11.8 Å². The van der Waals surface area contributed by atoms with Gasteiger partial charge >= 0.3 is 5.97 Å². The Balaban J connectivity index is 1.90. The third-order valence-corrected chi connectivity index (χ3v) is 4.43. The Kier molecular flexibility index (Phi) is 4.62. The molecule has 0 aromatic carbocycles. The molecule has 2 aliphatic rings. The van der Waals surface area contributed by atoms with Gasteiger partial charge < -0.3 is 9.84 Å². The number of nitrogens with zero attached hydrogens (tertiary/aromatic N) is 1. The quantitative estimate of drug-likeness (QED) is 0.838. The van der Waals surface area contributed by atoms with Gasteiger partial charge in [0, 0.05) is 19.1 Å². The Morgan fingerprint density at radius 1 is 1.39 bits per heavy atom. The van der Waals surface area contributed by atoms with Gasteiger partial charge in [-0.2, -0.15) is 0 Å². The Bertz CT molecular complexity index is 295. The van der Waals surface area contributed by atoms with Gasteiger partial charge in [-0.1, -0.05) is 13.8 Å². The Morgan fingerprint density at radius 2 is 2.17 bits per heavy atom. The molecule has 1 aliphatic carbocycles. The van der Waals surface area contributed by atoms with E-state index < -0.39 is 5.97 Å². The summed E-state index contributed by atoms with van der Waals surface area (Å²) in [7, 11) is 0. The number of carboxylic acid groups (broad SMARTS) is 1. The van der Waals surface area contributed by atoms with Gasteiger partial charge in [0.15, 0.2) is 0 Å². The van der Waals surface area contributed by atoms with Crippen molar-refractivity contribution in [2.75, 3.05) is 19.7 Å². The fourth-order valence-electron chi connectivity index (χ4n) is 3.55. The van der Waals surface area contributed by atoms with Crippen LogP contribution >= 0.6 is 0 Å². The highest BCUT2D eigenvalue weighted by molar-refractivity contribution is 5.67. The number of hydrogen-bond donors (Lipinski definition) is 1. The van der Waals surface area contributed by atoms with Crippen molar-refractivity contribution in [1.82, 2.24) is 4.90 Å². The highest BCUT2D eigenvalue weighted by atomic mass is 16.5. The van der Waals surface area contributed by atoms with Crippen molar-refractivity contribution in [3.8, 4) is 0 Å². The van der Waals surface area contributed by atoms with E-state index in [1.165, 1.54) is 19.3 Å². The van der Waals surface area contributed by atoms with Crippen molar-refractivity contribution < 1.29 is 14.6 Å². The van der Waals surface area contributed by atoms with Gasteiger partial charge in [-0.3, -0.25) is 9.69 Å². The first kappa shape index (κ1) is 13.8. The van der Waals surface area contributed by atoms with E-state index in [4.69, 9.17) is 9.84 Å². The molecule has 1 N–H and O–H groups in total. The maximum absolute atomic E-state index is 10.8. The van der Waals surface area contributed by atoms with Gasteiger partial charge in [0.2, 0.25) is 0 Å². The van der Waals surface area contributed by atoms with Gasteiger partial charge in [0.1, 0.15) is 0 Å². The van der Waals surface area contributed by atoms with Gasteiger partial charge in [0.05, 0.1) is 19.1 Å². The van der Waals surface area contributed by atoms with Crippen LogP contribution in [0.15, 0.2) is 0 Å². The van der Waals surface area contributed by atoms with Crippen LogP contribution in [0.3, 0.4) is 0 Å². The van der Waals surface area contributed by atoms with E-state index in [1.54, 1.807) is 0 Å². The molecule has 0 radical (unpaired) electrons. The zero-order chi connectivity index (χ0) is 13.1. The summed E-state index contributed by atoms with van der Waals surface area (Å²) in [6.45, 7) is 7.09. The smallest absolute Gasteiger partial charge is 0.306 e. The summed E-state index contributed by atoms with van der Waals surface area (Å²) in [4.78, 5) is 13.2. The summed E-state index contributed by atoms with van der Waals surface area (Å²) in [5.41, 5.74) is 0. The summed E-state index contributed by atoms with van der Waals surface area (Å²) in [5.74, 6) is 0.802. The van der Waals surface area contributed by atoms with E-state index >= 15 is 0 Å². The van der Waals surface area contributed by atoms with Gasteiger partial charge in [-0.05, 0) is 31.1 Å². The monoisotopic (exact) mass is 255 g/mol. The first-order chi connectivity index (χ1) is 8.56. The molecule has 0 aromatic heterocycles. The molecule has 1 heterocycles. The second-order valence-electron chi connectivity index (χ2n) is 6.05. The third-order valence-electron chi connectivity index (χ3n) is 4.43. The van der Waals surface area contributed by atoms with Crippen LogP contribution in [0.4, 0.5) is 0 Å². The van der Waals surface area contributed by atoms with E-state index in [9.17, 15) is 4.79 Å². The molecule has 0 spiro atoms. The molecule has 4 heteroatoms. The number of carboxylic acids is 1. The van der Waals surface area contributed by atoms with Crippen LogP contribution < -0.4 is 0 Å². The van der Waals surface area contributed by atoms with Crippen molar-refractivity contribution >= 4 is 5.97 Å². The fourth-order valence-corrected chi connectivity index (χ4v) is 3.55. The lowest BCUT2D eigenvalue weighted by Crippen LogP contribution is -2.51. The van der Waals surface area contributed by atoms with Crippen molar-refractivity contribution in [3.05, 3.63) is 0 Å². The minimum absolute atomic E-state index is 0.122. The highest BCUT2D eigenvalue weighted by Crippen LogP contribution is 2.32. The number of hydrogen-bond acceptors (Lipinski definition) is 3. The molecule has 1 saturated carbocycles. The van der Waals surface area contributed by atoms with E-state index in [0.717, 1.165) is 24.9 Å². The zero-order valence-electron chi connectivity index (χ0n) is 11.5. The Labute approximate surface area is 109 Å². The van der Waals surface area contributed by atoms with Crippen molar-refractivity contribution in [3.63, 3.8) is 0 Å². The minimum atomic E-state index is -0.757. The van der Waals surface area contributed by atoms with Gasteiger partial charge in [-0.15, -0.1) is 0 Å². The summed E-state index contributed by atoms with van der Waals surface area (Å²) in [6.07, 6.45) is 3.86. The number of ether oxygens (including phenoxy) is 1. The highest BCUT2D eigenvalue weighted by Gasteiger charge is 2.33. The molecule has 18 heavy (non-hydrogen) atoms. The molecular weight excluding hydrogens is 230 g/mol. The van der Waals surface area contributed by atoms with Gasteiger partial charge in [-0.25, -0.2) is 0 Å². The molecule has 4 atom stereocenters. The maximum Gasteiger partial charge on any atom is 0.306 e. The van der Waals surface area contributed by atoms with Crippen LogP contribution in [-0.2, 0) is 9.53 Å². The second kappa shape index (κ2) is 6.02. The van der Waals surface area contributed by atoms with Crippen LogP contribution in [-0.4, -0.2) is 47.8 Å². The number of aliphatic carboxylic acids is 1. The molecule has 1 saturated heterocycles. The molecule has 0 amide bonds. The molecule has 0 bridgehead atoms. The summed E-state index contributed by atoms with van der Waals surface area (Å²) in [6, 6.07) is 0.626. The molecular formula is C14H25NO3. The van der Waals surface area contributed by atoms with Crippen LogP contribution in [0.5, 0.6) is 0 Å². The van der Waals surface area contributed by atoms with Crippen molar-refractivity contribution in [2.45, 2.75) is 51.7 Å². The number of rotatable bonds is 3. The SMILES string of the molecule is CC1CCC(N2CCOC(CC(=O)O)C2)C(C)C1.